The molecule has 0 saturated carbocycles. The Balaban J connectivity index is 1.90. The molecule has 2 heterocycles. The van der Waals surface area contributed by atoms with Crippen LogP contribution in [0.4, 0.5) is 17.2 Å². The number of aromatic nitrogens is 3. The van der Waals surface area contributed by atoms with E-state index in [0.717, 1.165) is 40.7 Å². The van der Waals surface area contributed by atoms with Crippen LogP contribution in [0, 0.1) is 0 Å². The van der Waals surface area contributed by atoms with Gasteiger partial charge in [-0.2, -0.15) is 0 Å². The fourth-order valence-corrected chi connectivity index (χ4v) is 4.39. The predicted octanol–water partition coefficient (Wildman–Crippen LogP) is 3.61. The van der Waals surface area contributed by atoms with Crippen LogP contribution >= 0.6 is 0 Å². The minimum Gasteiger partial charge on any atom is -0.370 e. The summed E-state index contributed by atoms with van der Waals surface area (Å²) in [6, 6.07) is 13.0. The van der Waals surface area contributed by atoms with Crippen molar-refractivity contribution in [1.29, 1.82) is 0 Å². The van der Waals surface area contributed by atoms with E-state index in [1.165, 1.54) is 13.4 Å². The molecule has 2 aromatic heterocycles. The SMILES string of the molecule is CCN(CC)c1ccc(S(=O)(=O)NC)cc1Nc1ncnc2[nH]c3ccccc3c12. The van der Waals surface area contributed by atoms with E-state index < -0.39 is 10.0 Å². The fourth-order valence-electron chi connectivity index (χ4n) is 3.64. The second-order valence-corrected chi connectivity index (χ2v) is 8.69. The maximum absolute atomic E-state index is 12.4. The molecule has 2 aromatic carbocycles. The van der Waals surface area contributed by atoms with Crippen molar-refractivity contribution in [3.63, 3.8) is 0 Å². The highest BCUT2D eigenvalue weighted by atomic mass is 32.2. The number of benzene rings is 2. The average Bonchev–Trinajstić information content (AvgIpc) is 3.15. The molecule has 4 aromatic rings. The van der Waals surface area contributed by atoms with Gasteiger partial charge in [0.15, 0.2) is 0 Å². The van der Waals surface area contributed by atoms with Gasteiger partial charge in [-0.15, -0.1) is 0 Å². The molecule has 0 atom stereocenters. The number of para-hydroxylation sites is 1. The number of H-pyrrole nitrogens is 1. The molecule has 0 amide bonds. The molecule has 0 aliphatic heterocycles. The van der Waals surface area contributed by atoms with Gasteiger partial charge in [-0.05, 0) is 45.2 Å². The van der Waals surface area contributed by atoms with E-state index in [1.807, 2.05) is 30.3 Å². The first-order chi connectivity index (χ1) is 14.5. The minimum absolute atomic E-state index is 0.188. The lowest BCUT2D eigenvalue weighted by Gasteiger charge is -2.25. The Labute approximate surface area is 175 Å². The van der Waals surface area contributed by atoms with Gasteiger partial charge in [-0.3, -0.25) is 0 Å². The summed E-state index contributed by atoms with van der Waals surface area (Å²) in [4.78, 5) is 14.5. The van der Waals surface area contributed by atoms with Crippen molar-refractivity contribution >= 4 is 49.2 Å². The molecule has 4 rings (SSSR count). The van der Waals surface area contributed by atoms with Crippen molar-refractivity contribution in [1.82, 2.24) is 19.7 Å². The van der Waals surface area contributed by atoms with Crippen LogP contribution < -0.4 is 14.9 Å². The van der Waals surface area contributed by atoms with Crippen LogP contribution in [0.1, 0.15) is 13.8 Å². The van der Waals surface area contributed by atoms with Gasteiger partial charge in [0.2, 0.25) is 10.0 Å². The van der Waals surface area contributed by atoms with Crippen molar-refractivity contribution in [3.8, 4) is 0 Å². The maximum atomic E-state index is 12.4. The van der Waals surface area contributed by atoms with Gasteiger partial charge < -0.3 is 15.2 Å². The summed E-state index contributed by atoms with van der Waals surface area (Å²) in [5, 5.41) is 5.24. The van der Waals surface area contributed by atoms with Gasteiger partial charge >= 0.3 is 0 Å². The Morgan fingerprint density at radius 1 is 1.07 bits per heavy atom. The summed E-state index contributed by atoms with van der Waals surface area (Å²) >= 11 is 0. The first-order valence-corrected chi connectivity index (χ1v) is 11.3. The Morgan fingerprint density at radius 3 is 2.57 bits per heavy atom. The molecular formula is C21H24N6O2S. The first-order valence-electron chi connectivity index (χ1n) is 9.79. The van der Waals surface area contributed by atoms with Gasteiger partial charge in [-0.1, -0.05) is 18.2 Å². The van der Waals surface area contributed by atoms with Crippen LogP contribution in [0.2, 0.25) is 0 Å². The highest BCUT2D eigenvalue weighted by Crippen LogP contribution is 2.35. The molecule has 156 valence electrons. The number of hydrogen-bond acceptors (Lipinski definition) is 6. The minimum atomic E-state index is -3.58. The topological polar surface area (TPSA) is 103 Å². The van der Waals surface area contributed by atoms with E-state index >= 15 is 0 Å². The average molecular weight is 425 g/mol. The third kappa shape index (κ3) is 3.46. The summed E-state index contributed by atoms with van der Waals surface area (Å²) < 4.78 is 27.2. The summed E-state index contributed by atoms with van der Waals surface area (Å²) in [6.45, 7) is 5.70. The number of fused-ring (bicyclic) bond motifs is 3. The van der Waals surface area contributed by atoms with E-state index in [-0.39, 0.29) is 4.90 Å². The third-order valence-corrected chi connectivity index (χ3v) is 6.61. The van der Waals surface area contributed by atoms with E-state index in [0.29, 0.717) is 11.5 Å². The molecule has 0 aliphatic rings. The molecule has 0 radical (unpaired) electrons. The van der Waals surface area contributed by atoms with Crippen LogP contribution in [0.3, 0.4) is 0 Å². The van der Waals surface area contributed by atoms with E-state index in [2.05, 4.69) is 43.7 Å². The predicted molar refractivity (Wildman–Crippen MR) is 121 cm³/mol. The standard InChI is InChI=1S/C21H24N6O2S/c1-4-27(5-2)18-11-10-14(30(28,29)22-3)12-17(18)26-21-19-15-8-6-7-9-16(15)25-20(19)23-13-24-21/h6-13,22H,4-5H2,1-3H3,(H2,23,24,25,26). The fraction of sp³-hybridized carbons (Fsp3) is 0.238. The lowest BCUT2D eigenvalue weighted by molar-refractivity contribution is 0.588. The molecule has 0 aliphatic carbocycles. The number of aromatic amines is 1. The van der Waals surface area contributed by atoms with Crippen LogP contribution in [0.15, 0.2) is 53.7 Å². The molecule has 0 unspecified atom stereocenters. The Morgan fingerprint density at radius 2 is 1.83 bits per heavy atom. The molecule has 0 spiro atoms. The van der Waals surface area contributed by atoms with E-state index in [4.69, 9.17) is 0 Å². The van der Waals surface area contributed by atoms with Crippen molar-refractivity contribution in [2.24, 2.45) is 0 Å². The second-order valence-electron chi connectivity index (χ2n) is 6.80. The van der Waals surface area contributed by atoms with Gasteiger partial charge in [-0.25, -0.2) is 23.1 Å². The van der Waals surface area contributed by atoms with Crippen LogP contribution in [0.25, 0.3) is 21.9 Å². The zero-order chi connectivity index (χ0) is 21.3. The zero-order valence-electron chi connectivity index (χ0n) is 17.1. The monoisotopic (exact) mass is 424 g/mol. The van der Waals surface area contributed by atoms with Gasteiger partial charge in [0.1, 0.15) is 17.8 Å². The molecular weight excluding hydrogens is 400 g/mol. The van der Waals surface area contributed by atoms with Gasteiger partial charge in [0.05, 0.1) is 21.7 Å². The highest BCUT2D eigenvalue weighted by molar-refractivity contribution is 7.89. The number of hydrogen-bond donors (Lipinski definition) is 3. The quantitative estimate of drug-likeness (QED) is 0.419. The number of nitrogens with one attached hydrogen (secondary N) is 3. The molecule has 0 bridgehead atoms. The molecule has 3 N–H and O–H groups in total. The van der Waals surface area contributed by atoms with Gasteiger partial charge in [0.25, 0.3) is 0 Å². The van der Waals surface area contributed by atoms with Crippen LogP contribution in [-0.4, -0.2) is 43.5 Å². The summed E-state index contributed by atoms with van der Waals surface area (Å²) in [5.74, 6) is 0.616. The Hall–Kier alpha value is -3.17. The van der Waals surface area contributed by atoms with Crippen molar-refractivity contribution in [2.45, 2.75) is 18.7 Å². The normalized spacial score (nSPS) is 11.8. The number of anilines is 3. The van der Waals surface area contributed by atoms with Gasteiger partial charge in [0, 0.05) is 24.0 Å². The largest absolute Gasteiger partial charge is 0.370 e. The Kier molecular flexibility index (Phi) is 5.31. The summed E-state index contributed by atoms with van der Waals surface area (Å²) in [5.41, 5.74) is 3.26. The smallest absolute Gasteiger partial charge is 0.240 e. The van der Waals surface area contributed by atoms with Crippen molar-refractivity contribution < 1.29 is 8.42 Å². The van der Waals surface area contributed by atoms with E-state index in [1.54, 1.807) is 12.1 Å². The zero-order valence-corrected chi connectivity index (χ0v) is 17.9. The molecule has 0 saturated heterocycles. The first kappa shape index (κ1) is 20.1. The summed E-state index contributed by atoms with van der Waals surface area (Å²) in [6.07, 6.45) is 1.49. The number of sulfonamides is 1. The number of rotatable bonds is 7. The molecule has 0 fully saturated rings. The third-order valence-electron chi connectivity index (χ3n) is 5.20. The molecule has 8 nitrogen and oxygen atoms in total. The molecule has 9 heteroatoms. The maximum Gasteiger partial charge on any atom is 0.240 e. The van der Waals surface area contributed by atoms with E-state index in [9.17, 15) is 8.42 Å². The molecule has 30 heavy (non-hydrogen) atoms. The van der Waals surface area contributed by atoms with Crippen LogP contribution in [-0.2, 0) is 10.0 Å². The second kappa shape index (κ2) is 7.92. The van der Waals surface area contributed by atoms with Crippen molar-refractivity contribution in [3.05, 3.63) is 48.8 Å². The number of nitrogens with zero attached hydrogens (tertiary/aromatic N) is 3. The summed E-state index contributed by atoms with van der Waals surface area (Å²) in [7, 11) is -2.18. The highest BCUT2D eigenvalue weighted by Gasteiger charge is 2.18. The van der Waals surface area contributed by atoms with Crippen molar-refractivity contribution in [2.75, 3.05) is 30.4 Å². The lowest BCUT2D eigenvalue weighted by atomic mass is 10.2. The lowest BCUT2D eigenvalue weighted by Crippen LogP contribution is -2.24. The Bertz CT molecular complexity index is 1310. The van der Waals surface area contributed by atoms with Crippen LogP contribution in [0.5, 0.6) is 0 Å².